The van der Waals surface area contributed by atoms with Gasteiger partial charge in [-0.2, -0.15) is 0 Å². The van der Waals surface area contributed by atoms with Crippen LogP contribution in [-0.4, -0.2) is 49.4 Å². The summed E-state index contributed by atoms with van der Waals surface area (Å²) in [6.45, 7) is 5.34. The molecule has 6 nitrogen and oxygen atoms in total. The van der Waals surface area contributed by atoms with E-state index in [0.29, 0.717) is 25.9 Å². The Bertz CT molecular complexity index is 573. The number of aromatic nitrogens is 3. The van der Waals surface area contributed by atoms with Gasteiger partial charge in [-0.15, -0.1) is 10.2 Å². The lowest BCUT2D eigenvalue weighted by atomic mass is 9.89. The van der Waals surface area contributed by atoms with E-state index in [2.05, 4.69) is 24.0 Å². The van der Waals surface area contributed by atoms with Crippen molar-refractivity contribution in [3.8, 4) is 0 Å². The number of allylic oxidation sites excluding steroid dienone is 1. The average molecular weight is 334 g/mol. The minimum absolute atomic E-state index is 0.0305. The Kier molecular flexibility index (Phi) is 6.54. The SMILES string of the molecule is CCCC(=CC(=O)N1CCCC(O)(Cc2nncn2C)C1)CCC. The third-order valence-electron chi connectivity index (χ3n) is 4.63. The molecule has 1 N–H and O–H groups in total. The molecular formula is C18H30N4O2. The van der Waals surface area contributed by atoms with Crippen molar-refractivity contribution in [2.24, 2.45) is 7.05 Å². The monoisotopic (exact) mass is 334 g/mol. The quantitative estimate of drug-likeness (QED) is 0.776. The van der Waals surface area contributed by atoms with Gasteiger partial charge in [-0.3, -0.25) is 4.79 Å². The number of aryl methyl sites for hydroxylation is 1. The van der Waals surface area contributed by atoms with E-state index in [4.69, 9.17) is 0 Å². The first-order chi connectivity index (χ1) is 11.5. The second-order valence-electron chi connectivity index (χ2n) is 6.93. The van der Waals surface area contributed by atoms with Gasteiger partial charge in [0, 0.05) is 26.1 Å². The highest BCUT2D eigenvalue weighted by atomic mass is 16.3. The zero-order chi connectivity index (χ0) is 17.6. The molecule has 1 unspecified atom stereocenters. The molecule has 2 rings (SSSR count). The Morgan fingerprint density at radius 3 is 2.67 bits per heavy atom. The molecule has 1 aromatic heterocycles. The van der Waals surface area contributed by atoms with Crippen LogP contribution >= 0.6 is 0 Å². The topological polar surface area (TPSA) is 71.2 Å². The Hall–Kier alpha value is -1.69. The summed E-state index contributed by atoms with van der Waals surface area (Å²) < 4.78 is 1.82. The van der Waals surface area contributed by atoms with Gasteiger partial charge in [0.25, 0.3) is 0 Å². The van der Waals surface area contributed by atoms with Crippen LogP contribution in [0, 0.1) is 0 Å². The van der Waals surface area contributed by atoms with Gasteiger partial charge in [0.05, 0.1) is 12.1 Å². The first kappa shape index (κ1) is 18.6. The molecule has 6 heteroatoms. The van der Waals surface area contributed by atoms with Crippen molar-refractivity contribution in [3.05, 3.63) is 23.8 Å². The van der Waals surface area contributed by atoms with Crippen LogP contribution in [0.15, 0.2) is 18.0 Å². The van der Waals surface area contributed by atoms with Gasteiger partial charge < -0.3 is 14.6 Å². The molecule has 24 heavy (non-hydrogen) atoms. The van der Waals surface area contributed by atoms with Crippen LogP contribution in [0.25, 0.3) is 0 Å². The number of carbonyl (C=O) groups is 1. The van der Waals surface area contributed by atoms with E-state index in [0.717, 1.165) is 37.9 Å². The molecule has 2 heterocycles. The fourth-order valence-corrected chi connectivity index (χ4v) is 3.38. The highest BCUT2D eigenvalue weighted by Crippen LogP contribution is 2.25. The highest BCUT2D eigenvalue weighted by Gasteiger charge is 2.36. The molecule has 0 bridgehead atoms. The number of aliphatic hydroxyl groups is 1. The van der Waals surface area contributed by atoms with E-state index < -0.39 is 5.60 Å². The first-order valence-electron chi connectivity index (χ1n) is 9.01. The van der Waals surface area contributed by atoms with Crippen molar-refractivity contribution < 1.29 is 9.90 Å². The Balaban J connectivity index is 2.04. The van der Waals surface area contributed by atoms with Crippen molar-refractivity contribution in [2.75, 3.05) is 13.1 Å². The third kappa shape index (κ3) is 4.90. The zero-order valence-electron chi connectivity index (χ0n) is 15.2. The number of nitrogens with zero attached hydrogens (tertiary/aromatic N) is 4. The van der Waals surface area contributed by atoms with Crippen LogP contribution in [0.4, 0.5) is 0 Å². The van der Waals surface area contributed by atoms with E-state index in [-0.39, 0.29) is 5.91 Å². The minimum Gasteiger partial charge on any atom is -0.388 e. The van der Waals surface area contributed by atoms with Crippen molar-refractivity contribution >= 4 is 5.91 Å². The molecule has 1 aliphatic rings. The van der Waals surface area contributed by atoms with E-state index in [1.807, 2.05) is 11.6 Å². The van der Waals surface area contributed by atoms with Gasteiger partial charge >= 0.3 is 0 Å². The van der Waals surface area contributed by atoms with E-state index >= 15 is 0 Å². The number of hydrogen-bond donors (Lipinski definition) is 1. The predicted molar refractivity (Wildman–Crippen MR) is 93.4 cm³/mol. The molecule has 1 aliphatic heterocycles. The lowest BCUT2D eigenvalue weighted by Gasteiger charge is -2.38. The number of hydrogen-bond acceptors (Lipinski definition) is 4. The fourth-order valence-electron chi connectivity index (χ4n) is 3.38. The van der Waals surface area contributed by atoms with Crippen molar-refractivity contribution in [2.45, 2.75) is 64.4 Å². The molecule has 0 spiro atoms. The maximum absolute atomic E-state index is 12.6. The van der Waals surface area contributed by atoms with Crippen molar-refractivity contribution in [3.63, 3.8) is 0 Å². The Labute approximate surface area is 144 Å². The average Bonchev–Trinajstić information content (AvgIpc) is 2.92. The Morgan fingerprint density at radius 2 is 2.08 bits per heavy atom. The number of β-amino-alcohol motifs (C(OH)–C–C–N with tert-alkyl or cyclic N) is 1. The maximum atomic E-state index is 12.6. The van der Waals surface area contributed by atoms with Gasteiger partial charge in [0.1, 0.15) is 12.2 Å². The number of amides is 1. The second kappa shape index (κ2) is 8.42. The molecule has 1 amide bonds. The standard InChI is InChI=1S/C18H30N4O2/c1-4-7-15(8-5-2)11-17(23)22-10-6-9-18(24,13-22)12-16-20-19-14-21(16)3/h11,14,24H,4-10,12-13H2,1-3H3. The van der Waals surface area contributed by atoms with Crippen LogP contribution < -0.4 is 0 Å². The minimum atomic E-state index is -0.918. The molecule has 1 fully saturated rings. The summed E-state index contributed by atoms with van der Waals surface area (Å²) in [6.07, 6.45) is 9.39. The molecule has 0 aliphatic carbocycles. The van der Waals surface area contributed by atoms with Crippen LogP contribution in [0.3, 0.4) is 0 Å². The first-order valence-corrected chi connectivity index (χ1v) is 9.01. The van der Waals surface area contributed by atoms with Crippen molar-refractivity contribution in [1.82, 2.24) is 19.7 Å². The molecule has 0 saturated carbocycles. The number of rotatable bonds is 7. The smallest absolute Gasteiger partial charge is 0.246 e. The van der Waals surface area contributed by atoms with Crippen LogP contribution in [0.1, 0.15) is 58.2 Å². The van der Waals surface area contributed by atoms with Gasteiger partial charge in [0.2, 0.25) is 5.91 Å². The molecule has 0 aromatic carbocycles. The fraction of sp³-hybridized carbons (Fsp3) is 0.722. The van der Waals surface area contributed by atoms with Gasteiger partial charge in [0.15, 0.2) is 0 Å². The molecule has 1 atom stereocenters. The predicted octanol–water partition coefficient (Wildman–Crippen LogP) is 2.24. The lowest BCUT2D eigenvalue weighted by Crippen LogP contribution is -2.51. The summed E-state index contributed by atoms with van der Waals surface area (Å²) in [5.74, 6) is 0.781. The van der Waals surface area contributed by atoms with Crippen LogP contribution in [0.2, 0.25) is 0 Å². The maximum Gasteiger partial charge on any atom is 0.246 e. The third-order valence-corrected chi connectivity index (χ3v) is 4.63. The molecule has 1 aromatic rings. The summed E-state index contributed by atoms with van der Waals surface area (Å²) >= 11 is 0. The summed E-state index contributed by atoms with van der Waals surface area (Å²) in [6, 6.07) is 0. The van der Waals surface area contributed by atoms with Crippen molar-refractivity contribution in [1.29, 1.82) is 0 Å². The van der Waals surface area contributed by atoms with Crippen LogP contribution in [-0.2, 0) is 18.3 Å². The molecule has 1 saturated heterocycles. The number of piperidine rings is 1. The molecular weight excluding hydrogens is 304 g/mol. The largest absolute Gasteiger partial charge is 0.388 e. The summed E-state index contributed by atoms with van der Waals surface area (Å²) in [7, 11) is 1.87. The summed E-state index contributed by atoms with van der Waals surface area (Å²) in [5, 5.41) is 18.9. The molecule has 0 radical (unpaired) electrons. The Morgan fingerprint density at radius 1 is 1.38 bits per heavy atom. The van der Waals surface area contributed by atoms with E-state index in [9.17, 15) is 9.90 Å². The van der Waals surface area contributed by atoms with Crippen LogP contribution in [0.5, 0.6) is 0 Å². The zero-order valence-corrected chi connectivity index (χ0v) is 15.2. The molecule has 134 valence electrons. The lowest BCUT2D eigenvalue weighted by molar-refractivity contribution is -0.133. The second-order valence-corrected chi connectivity index (χ2v) is 6.93. The number of likely N-dealkylation sites (tertiary alicyclic amines) is 1. The summed E-state index contributed by atoms with van der Waals surface area (Å²) in [4.78, 5) is 14.4. The highest BCUT2D eigenvalue weighted by molar-refractivity contribution is 5.88. The summed E-state index contributed by atoms with van der Waals surface area (Å²) in [5.41, 5.74) is 0.297. The van der Waals surface area contributed by atoms with E-state index in [1.165, 1.54) is 5.57 Å². The number of carbonyl (C=O) groups excluding carboxylic acids is 1. The van der Waals surface area contributed by atoms with Gasteiger partial charge in [-0.1, -0.05) is 32.3 Å². The van der Waals surface area contributed by atoms with Gasteiger partial charge in [-0.05, 0) is 25.7 Å². The normalized spacial score (nSPS) is 20.9. The van der Waals surface area contributed by atoms with Gasteiger partial charge in [-0.25, -0.2) is 0 Å². The van der Waals surface area contributed by atoms with E-state index in [1.54, 1.807) is 17.3 Å².